The molecule has 4 N–H and O–H groups in total. The van der Waals surface area contributed by atoms with Crippen LogP contribution in [-0.4, -0.2) is 61.5 Å². The molecule has 0 spiro atoms. The van der Waals surface area contributed by atoms with Crippen LogP contribution in [0.5, 0.6) is 0 Å². The molecule has 0 heterocycles. The minimum Gasteiger partial charge on any atom is -0.501 e. The van der Waals surface area contributed by atoms with Gasteiger partial charge in [0.15, 0.2) is 0 Å². The fourth-order valence-corrected chi connectivity index (χ4v) is 0.654. The zero-order chi connectivity index (χ0) is 9.46. The van der Waals surface area contributed by atoms with E-state index in [2.05, 4.69) is 0 Å². The second-order valence-electron chi connectivity index (χ2n) is 2.05. The molecule has 65 valence electrons. The van der Waals surface area contributed by atoms with Gasteiger partial charge in [-0.05, 0) is 0 Å². The Morgan fingerprint density at radius 3 is 0.923 bits per heavy atom. The van der Waals surface area contributed by atoms with Crippen molar-refractivity contribution in [2.45, 2.75) is 0 Å². The molecule has 1 aliphatic carbocycles. The Kier molecular flexibility index (Phi) is 3.53. The Hall–Kier alpha value is -0.980. The summed E-state index contributed by atoms with van der Waals surface area (Å²) in [7, 11) is 0. The van der Waals surface area contributed by atoms with Gasteiger partial charge in [-0.25, -0.2) is 0 Å². The quantitative estimate of drug-likeness (QED) is 0.303. The van der Waals surface area contributed by atoms with Gasteiger partial charge >= 0.3 is 0 Å². The molecule has 0 aliphatic heterocycles. The summed E-state index contributed by atoms with van der Waals surface area (Å²) in [5, 5.41) is 34.6. The molecule has 0 aromatic rings. The van der Waals surface area contributed by atoms with E-state index >= 15 is 0 Å². The maximum Gasteiger partial charge on any atom is 0.269 e. The van der Waals surface area contributed by atoms with Gasteiger partial charge in [-0.2, -0.15) is 0 Å². The second-order valence-corrected chi connectivity index (χ2v) is 2.05. The first kappa shape index (κ1) is 12.0. The smallest absolute Gasteiger partial charge is 0.269 e. The van der Waals surface area contributed by atoms with Crippen molar-refractivity contribution in [1.29, 1.82) is 0 Å². The number of carbonyl (C=O) groups excluding carboxylic acids is 2. The van der Waals surface area contributed by atoms with Gasteiger partial charge in [0.1, 0.15) is 0 Å². The summed E-state index contributed by atoms with van der Waals surface area (Å²) >= 11 is 0. The third-order valence-electron chi connectivity index (χ3n) is 1.31. The van der Waals surface area contributed by atoms with Crippen LogP contribution in [0, 0.1) is 0 Å². The van der Waals surface area contributed by atoms with Crippen LogP contribution in [0.2, 0.25) is 0 Å². The van der Waals surface area contributed by atoms with Crippen molar-refractivity contribution >= 4 is 41.1 Å². The first-order valence-electron chi connectivity index (χ1n) is 2.80. The molecule has 0 saturated heterocycles. The van der Waals surface area contributed by atoms with E-state index in [-0.39, 0.29) is 29.6 Å². The van der Waals surface area contributed by atoms with Crippen molar-refractivity contribution < 1.29 is 30.0 Å². The van der Waals surface area contributed by atoms with E-state index in [0.29, 0.717) is 0 Å². The molecule has 0 bridgehead atoms. The van der Waals surface area contributed by atoms with Gasteiger partial charge in [-0.3, -0.25) is 9.59 Å². The van der Waals surface area contributed by atoms with Gasteiger partial charge in [0.2, 0.25) is 23.0 Å². The van der Waals surface area contributed by atoms with Crippen LogP contribution < -0.4 is 0 Å². The number of hydrogen-bond donors (Lipinski definition) is 4. The van der Waals surface area contributed by atoms with Crippen molar-refractivity contribution in [2.75, 3.05) is 0 Å². The topological polar surface area (TPSA) is 115 Å². The maximum absolute atomic E-state index is 10.6. The maximum atomic E-state index is 10.6. The predicted molar refractivity (Wildman–Crippen MR) is 40.3 cm³/mol. The van der Waals surface area contributed by atoms with E-state index in [9.17, 15) is 9.59 Å². The summed E-state index contributed by atoms with van der Waals surface area (Å²) in [5.41, 5.74) is 0. The molecule has 6 nitrogen and oxygen atoms in total. The number of Topliss-reactive ketones (excluding diaryl/α,β-unsaturated/α-hetero) is 2. The third kappa shape index (κ3) is 1.69. The Bertz CT molecular complexity index is 277. The van der Waals surface area contributed by atoms with Crippen LogP contribution in [0.25, 0.3) is 0 Å². The van der Waals surface area contributed by atoms with Gasteiger partial charge < -0.3 is 20.4 Å². The first-order valence-corrected chi connectivity index (χ1v) is 2.80. The largest absolute Gasteiger partial charge is 0.501 e. The Morgan fingerprint density at radius 1 is 0.615 bits per heavy atom. The fourth-order valence-electron chi connectivity index (χ4n) is 0.654. The summed E-state index contributed by atoms with van der Waals surface area (Å²) in [6.45, 7) is 0. The number of aliphatic hydroxyl groups excluding tert-OH is 4. The summed E-state index contributed by atoms with van der Waals surface area (Å²) in [6.07, 6.45) is 0. The summed E-state index contributed by atoms with van der Waals surface area (Å²) < 4.78 is 0. The Labute approximate surface area is 94.1 Å². The number of ketones is 2. The van der Waals surface area contributed by atoms with Crippen molar-refractivity contribution in [3.8, 4) is 0 Å². The molecule has 13 heavy (non-hydrogen) atoms. The Morgan fingerprint density at radius 2 is 0.769 bits per heavy atom. The van der Waals surface area contributed by atoms with Gasteiger partial charge in [-0.15, -0.1) is 0 Å². The molecule has 0 atom stereocenters. The average molecular weight is 195 g/mol. The first-order chi connectivity index (χ1) is 5.46. The van der Waals surface area contributed by atoms with Crippen LogP contribution in [-0.2, 0) is 9.59 Å². The molecular formula is C6H4NaO6. The summed E-state index contributed by atoms with van der Waals surface area (Å²) in [4.78, 5) is 21.2. The van der Waals surface area contributed by atoms with Crippen molar-refractivity contribution in [2.24, 2.45) is 0 Å². The van der Waals surface area contributed by atoms with Crippen LogP contribution in [0.4, 0.5) is 0 Å². The molecule has 1 radical (unpaired) electrons. The molecule has 0 fully saturated rings. The van der Waals surface area contributed by atoms with Crippen molar-refractivity contribution in [3.05, 3.63) is 23.0 Å². The van der Waals surface area contributed by atoms with E-state index in [1.54, 1.807) is 0 Å². The van der Waals surface area contributed by atoms with Crippen LogP contribution >= 0.6 is 0 Å². The second kappa shape index (κ2) is 3.82. The Balaban J connectivity index is 0.00000144. The van der Waals surface area contributed by atoms with E-state index < -0.39 is 34.6 Å². The molecule has 1 aliphatic rings. The van der Waals surface area contributed by atoms with Crippen molar-refractivity contribution in [3.63, 3.8) is 0 Å². The predicted octanol–water partition coefficient (Wildman–Crippen LogP) is -0.587. The zero-order valence-electron chi connectivity index (χ0n) is 6.61. The summed E-state index contributed by atoms with van der Waals surface area (Å²) in [6, 6.07) is 0. The fraction of sp³-hybridized carbons (Fsp3) is 0. The zero-order valence-corrected chi connectivity index (χ0v) is 8.61. The van der Waals surface area contributed by atoms with Crippen LogP contribution in [0.15, 0.2) is 23.0 Å². The standard InChI is InChI=1S/C6H4O6.Na/c7-1-2(8)4(10)6(12)5(11)3(1)9;/h7-8,11-12H;. The van der Waals surface area contributed by atoms with E-state index in [0.717, 1.165) is 0 Å². The minimum absolute atomic E-state index is 0. The molecule has 0 aromatic heterocycles. The van der Waals surface area contributed by atoms with E-state index in [1.807, 2.05) is 0 Å². The van der Waals surface area contributed by atoms with E-state index in [4.69, 9.17) is 20.4 Å². The number of hydrogen-bond acceptors (Lipinski definition) is 6. The van der Waals surface area contributed by atoms with Crippen molar-refractivity contribution in [1.82, 2.24) is 0 Å². The van der Waals surface area contributed by atoms with Gasteiger partial charge in [0, 0.05) is 29.6 Å². The van der Waals surface area contributed by atoms with Crippen LogP contribution in [0.1, 0.15) is 0 Å². The molecule has 0 amide bonds. The molecule has 0 unspecified atom stereocenters. The SMILES string of the molecule is O=C1C(O)=C(O)C(=O)C(O)=C1O.[Na]. The summed E-state index contributed by atoms with van der Waals surface area (Å²) in [5.74, 6) is -7.84. The van der Waals surface area contributed by atoms with Gasteiger partial charge in [-0.1, -0.05) is 0 Å². The monoisotopic (exact) mass is 195 g/mol. The number of rotatable bonds is 0. The molecule has 0 saturated carbocycles. The average Bonchev–Trinajstić information content (AvgIpc) is 2.08. The van der Waals surface area contributed by atoms with E-state index in [1.165, 1.54) is 0 Å². The number of aliphatic hydroxyl groups is 4. The third-order valence-corrected chi connectivity index (χ3v) is 1.31. The molecule has 7 heteroatoms. The van der Waals surface area contributed by atoms with Crippen LogP contribution in [0.3, 0.4) is 0 Å². The van der Waals surface area contributed by atoms with Gasteiger partial charge in [0.05, 0.1) is 0 Å². The molecular weight excluding hydrogens is 191 g/mol. The minimum atomic E-state index is -1.38. The molecule has 1 rings (SSSR count). The molecule has 0 aromatic carbocycles. The van der Waals surface area contributed by atoms with Gasteiger partial charge in [0.25, 0.3) is 11.6 Å². The number of carbonyl (C=O) groups is 2. The normalized spacial score (nSPS) is 17.5.